The first-order valence-corrected chi connectivity index (χ1v) is 16.1. The molecule has 46 heavy (non-hydrogen) atoms. The van der Waals surface area contributed by atoms with Crippen LogP contribution in [0.2, 0.25) is 0 Å². The summed E-state index contributed by atoms with van der Waals surface area (Å²) in [6.45, 7) is 4.21. The number of nitrogens with zero attached hydrogens (tertiary/aromatic N) is 2. The molecular weight excluding hydrogens is 629 g/mol. The number of hydrogen-bond donors (Lipinski definition) is 2. The molecule has 1 aliphatic heterocycles. The number of esters is 1. The number of carbonyl (C=O) groups excluding carboxylic acids is 4. The normalized spacial score (nSPS) is 12.9. The number of thioether (sulfide) groups is 1. The van der Waals surface area contributed by atoms with Crippen molar-refractivity contribution >= 4 is 63.2 Å². The van der Waals surface area contributed by atoms with E-state index in [0.717, 1.165) is 16.0 Å². The van der Waals surface area contributed by atoms with Gasteiger partial charge >= 0.3 is 5.97 Å². The lowest BCUT2D eigenvalue weighted by atomic mass is 10.0. The summed E-state index contributed by atoms with van der Waals surface area (Å²) >= 11 is 2.53. The van der Waals surface area contributed by atoms with Crippen molar-refractivity contribution in [2.45, 2.75) is 37.0 Å². The van der Waals surface area contributed by atoms with E-state index in [-0.39, 0.29) is 29.7 Å². The van der Waals surface area contributed by atoms with E-state index in [1.165, 1.54) is 54.3 Å². The summed E-state index contributed by atoms with van der Waals surface area (Å²) < 4.78 is 5.35. The smallest absolute Gasteiger partial charge is 0.341 e. The molecule has 0 spiro atoms. The molecule has 236 valence electrons. The molecule has 0 saturated heterocycles. The number of nitrogens with one attached hydrogen (secondary N) is 2. The number of anilines is 2. The highest BCUT2D eigenvalue weighted by Gasteiger charge is 2.32. The van der Waals surface area contributed by atoms with Crippen molar-refractivity contribution in [3.05, 3.63) is 116 Å². The van der Waals surface area contributed by atoms with Gasteiger partial charge in [-0.05, 0) is 48.7 Å². The Kier molecular flexibility index (Phi) is 10.1. The minimum absolute atomic E-state index is 0.0636. The fourth-order valence-corrected chi connectivity index (χ4v) is 7.34. The van der Waals surface area contributed by atoms with E-state index in [4.69, 9.17) is 4.74 Å². The van der Waals surface area contributed by atoms with E-state index < -0.39 is 22.0 Å². The van der Waals surface area contributed by atoms with E-state index in [2.05, 4.69) is 10.6 Å². The first-order valence-electron chi connectivity index (χ1n) is 14.4. The molecule has 4 aromatic rings. The van der Waals surface area contributed by atoms with Gasteiger partial charge in [0.1, 0.15) is 10.3 Å². The second kappa shape index (κ2) is 14.4. The average Bonchev–Trinajstić information content (AvgIpc) is 3.41. The van der Waals surface area contributed by atoms with Crippen molar-refractivity contribution in [2.75, 3.05) is 23.8 Å². The van der Waals surface area contributed by atoms with Gasteiger partial charge in [0.05, 0.1) is 23.6 Å². The van der Waals surface area contributed by atoms with E-state index in [1.54, 1.807) is 36.1 Å². The molecule has 1 aliphatic rings. The predicted octanol–water partition coefficient (Wildman–Crippen LogP) is 6.46. The number of nitro benzene ring substituents is 1. The van der Waals surface area contributed by atoms with E-state index >= 15 is 0 Å². The number of carbonyl (C=O) groups is 4. The van der Waals surface area contributed by atoms with E-state index in [0.29, 0.717) is 40.7 Å². The van der Waals surface area contributed by atoms with Crippen molar-refractivity contribution in [3.8, 4) is 0 Å². The van der Waals surface area contributed by atoms with Gasteiger partial charge in [-0.2, -0.15) is 0 Å². The lowest BCUT2D eigenvalue weighted by molar-refractivity contribution is -0.384. The largest absolute Gasteiger partial charge is 0.462 e. The molecule has 11 nitrogen and oxygen atoms in total. The lowest BCUT2D eigenvalue weighted by Crippen LogP contribution is -2.34. The van der Waals surface area contributed by atoms with Crippen LogP contribution in [0, 0.1) is 10.1 Å². The van der Waals surface area contributed by atoms with Crippen LogP contribution < -0.4 is 10.6 Å². The van der Waals surface area contributed by atoms with Crippen molar-refractivity contribution in [3.63, 3.8) is 0 Å². The Morgan fingerprint density at radius 1 is 1.02 bits per heavy atom. The first kappa shape index (κ1) is 32.4. The van der Waals surface area contributed by atoms with Gasteiger partial charge in [-0.15, -0.1) is 23.1 Å². The average molecular weight is 659 g/mol. The third-order valence-corrected chi connectivity index (χ3v) is 9.60. The van der Waals surface area contributed by atoms with Gasteiger partial charge in [0.15, 0.2) is 0 Å². The van der Waals surface area contributed by atoms with Crippen LogP contribution in [0.4, 0.5) is 16.4 Å². The lowest BCUT2D eigenvalue weighted by Gasteiger charge is -2.25. The molecule has 2 heterocycles. The third kappa shape index (κ3) is 7.44. The highest BCUT2D eigenvalue weighted by atomic mass is 32.2. The molecular formula is C33H30N4O7S2. The van der Waals surface area contributed by atoms with Crippen molar-refractivity contribution in [2.24, 2.45) is 0 Å². The number of amides is 3. The Morgan fingerprint density at radius 3 is 2.50 bits per heavy atom. The standard InChI is InChI=1S/C33H30N4O7S2/c1-3-44-33(41)28-26-15-16-36(20(2)38)19-27(26)46-32(28)35-31(40)29(21-9-5-4-6-10-21)45-25-14-8-12-23(18-25)34-30(39)22-11-7-13-24(17-22)37(42)43/h4-14,17-18,29H,3,15-16,19H2,1-2H3,(H,34,39)(H,35,40). The second-order valence-electron chi connectivity index (χ2n) is 10.3. The number of benzene rings is 3. The van der Waals surface area contributed by atoms with Gasteiger partial charge in [-0.25, -0.2) is 4.79 Å². The summed E-state index contributed by atoms with van der Waals surface area (Å²) in [6, 6.07) is 21.6. The summed E-state index contributed by atoms with van der Waals surface area (Å²) in [5, 5.41) is 16.5. The van der Waals surface area contributed by atoms with Crippen molar-refractivity contribution in [1.82, 2.24) is 4.90 Å². The van der Waals surface area contributed by atoms with E-state index in [1.807, 2.05) is 30.3 Å². The summed E-state index contributed by atoms with van der Waals surface area (Å²) in [4.78, 5) is 65.8. The van der Waals surface area contributed by atoms with Crippen molar-refractivity contribution in [1.29, 1.82) is 0 Å². The number of hydrogen-bond acceptors (Lipinski definition) is 9. The third-order valence-electron chi connectivity index (χ3n) is 7.22. The number of ether oxygens (including phenoxy) is 1. The maximum absolute atomic E-state index is 14.0. The summed E-state index contributed by atoms with van der Waals surface area (Å²) in [5.41, 5.74) is 2.21. The van der Waals surface area contributed by atoms with Gasteiger partial charge in [0.25, 0.3) is 11.6 Å². The zero-order valence-corrected chi connectivity index (χ0v) is 26.6. The molecule has 0 bridgehead atoms. The Bertz CT molecular complexity index is 1810. The van der Waals surface area contributed by atoms with Crippen LogP contribution >= 0.6 is 23.1 Å². The Labute approximate surface area is 273 Å². The zero-order chi connectivity index (χ0) is 32.8. The van der Waals surface area contributed by atoms with Crippen LogP contribution in [-0.2, 0) is 27.3 Å². The summed E-state index contributed by atoms with van der Waals surface area (Å²) in [5.74, 6) is -1.47. The monoisotopic (exact) mass is 658 g/mol. The van der Waals surface area contributed by atoms with Gasteiger partial charge in [-0.3, -0.25) is 24.5 Å². The number of rotatable bonds is 10. The molecule has 3 amide bonds. The van der Waals surface area contributed by atoms with Crippen LogP contribution in [-0.4, -0.2) is 46.7 Å². The molecule has 3 aromatic carbocycles. The van der Waals surface area contributed by atoms with Gasteiger partial charge < -0.3 is 20.3 Å². The topological polar surface area (TPSA) is 148 Å². The van der Waals surface area contributed by atoms with Crippen LogP contribution in [0.25, 0.3) is 0 Å². The van der Waals surface area contributed by atoms with Gasteiger partial charge in [-0.1, -0.05) is 42.5 Å². The SMILES string of the molecule is CCOC(=O)c1c(NC(=O)C(Sc2cccc(NC(=O)c3cccc([N+](=O)[O-])c3)c2)c2ccccc2)sc2c1CCN(C(C)=O)C2. The van der Waals surface area contributed by atoms with Crippen molar-refractivity contribution < 1.29 is 28.8 Å². The zero-order valence-electron chi connectivity index (χ0n) is 25.0. The maximum atomic E-state index is 14.0. The summed E-state index contributed by atoms with van der Waals surface area (Å²) in [7, 11) is 0. The number of non-ortho nitro benzene ring substituents is 1. The number of thiophene rings is 1. The minimum atomic E-state index is -0.744. The number of fused-ring (bicyclic) bond motifs is 1. The van der Waals surface area contributed by atoms with Gasteiger partial charge in [0, 0.05) is 46.6 Å². The van der Waals surface area contributed by atoms with E-state index in [9.17, 15) is 29.3 Å². The molecule has 1 aromatic heterocycles. The predicted molar refractivity (Wildman–Crippen MR) is 176 cm³/mol. The fourth-order valence-electron chi connectivity index (χ4n) is 5.00. The number of nitro groups is 1. The fraction of sp³-hybridized carbons (Fsp3) is 0.212. The molecule has 0 saturated carbocycles. The highest BCUT2D eigenvalue weighted by molar-refractivity contribution is 8.00. The second-order valence-corrected chi connectivity index (χ2v) is 12.6. The van der Waals surface area contributed by atoms with Crippen LogP contribution in [0.15, 0.2) is 83.8 Å². The molecule has 13 heteroatoms. The summed E-state index contributed by atoms with van der Waals surface area (Å²) in [6.07, 6.45) is 0.473. The maximum Gasteiger partial charge on any atom is 0.341 e. The molecule has 1 unspecified atom stereocenters. The molecule has 0 aliphatic carbocycles. The Morgan fingerprint density at radius 2 is 1.78 bits per heavy atom. The Hall–Kier alpha value is -5.01. The molecule has 1 atom stereocenters. The highest BCUT2D eigenvalue weighted by Crippen LogP contribution is 2.41. The molecule has 0 radical (unpaired) electrons. The quantitative estimate of drug-likeness (QED) is 0.0854. The molecule has 2 N–H and O–H groups in total. The van der Waals surface area contributed by atoms with Gasteiger partial charge in [0.2, 0.25) is 11.8 Å². The van der Waals surface area contributed by atoms with Crippen LogP contribution in [0.3, 0.4) is 0 Å². The van der Waals surface area contributed by atoms with Crippen LogP contribution in [0.1, 0.15) is 55.8 Å². The molecule has 0 fully saturated rings. The van der Waals surface area contributed by atoms with Crippen LogP contribution in [0.5, 0.6) is 0 Å². The molecule has 5 rings (SSSR count). The minimum Gasteiger partial charge on any atom is -0.462 e. The Balaban J connectivity index is 1.41. The first-order chi connectivity index (χ1) is 22.1.